The number of nitrogens with one attached hydrogen (secondary N) is 1. The van der Waals surface area contributed by atoms with Gasteiger partial charge in [0.25, 0.3) is 15.9 Å². The number of rotatable bonds is 6. The van der Waals surface area contributed by atoms with Gasteiger partial charge in [-0.15, -0.1) is 0 Å². The summed E-state index contributed by atoms with van der Waals surface area (Å²) in [7, 11) is -2.17. The topological polar surface area (TPSA) is 84.3 Å². The Morgan fingerprint density at radius 1 is 1.10 bits per heavy atom. The van der Waals surface area contributed by atoms with Crippen molar-refractivity contribution in [3.63, 3.8) is 0 Å². The number of hydrogen-bond acceptors (Lipinski definition) is 4. The number of hydrogen-bond donors (Lipinski definition) is 1. The number of sulfonamides is 1. The molecule has 0 atom stereocenters. The largest absolute Gasteiger partial charge is 0.348 e. The third kappa shape index (κ3) is 5.05. The lowest BCUT2D eigenvalue weighted by atomic mass is 10.0. The predicted octanol–water partition coefficient (Wildman–Crippen LogP) is 3.04. The lowest BCUT2D eigenvalue weighted by Gasteiger charge is -2.19. The van der Waals surface area contributed by atoms with E-state index in [9.17, 15) is 13.2 Å². The Morgan fingerprint density at radius 3 is 2.31 bits per heavy atom. The molecular formula is C21H30N4O3S. The normalized spacial score (nSPS) is 16.0. The average Bonchev–Trinajstić information content (AvgIpc) is 2.91. The maximum atomic E-state index is 13.1. The van der Waals surface area contributed by atoms with E-state index < -0.39 is 15.9 Å². The smallest absolute Gasteiger partial charge is 0.263 e. The van der Waals surface area contributed by atoms with Crippen molar-refractivity contribution in [1.29, 1.82) is 0 Å². The molecule has 1 saturated heterocycles. The molecular weight excluding hydrogens is 388 g/mol. The van der Waals surface area contributed by atoms with Crippen LogP contribution in [0.1, 0.15) is 66.9 Å². The summed E-state index contributed by atoms with van der Waals surface area (Å²) in [5.74, 6) is 0.0141. The fourth-order valence-corrected chi connectivity index (χ4v) is 5.16. The van der Waals surface area contributed by atoms with Crippen LogP contribution in [-0.4, -0.2) is 41.5 Å². The van der Waals surface area contributed by atoms with E-state index in [1.165, 1.54) is 20.7 Å². The molecule has 0 bridgehead atoms. The molecule has 1 aromatic heterocycles. The van der Waals surface area contributed by atoms with Crippen LogP contribution in [0.2, 0.25) is 0 Å². The second-order valence-electron chi connectivity index (χ2n) is 7.92. The van der Waals surface area contributed by atoms with Crippen molar-refractivity contribution < 1.29 is 13.2 Å². The van der Waals surface area contributed by atoms with E-state index in [0.29, 0.717) is 25.6 Å². The molecule has 0 aliphatic carbocycles. The molecule has 158 valence electrons. The fraction of sp³-hybridized carbons (Fsp3) is 0.524. The molecule has 1 fully saturated rings. The summed E-state index contributed by atoms with van der Waals surface area (Å²) in [4.78, 5) is 12.8. The maximum absolute atomic E-state index is 13.1. The minimum absolute atomic E-state index is 0.0931. The van der Waals surface area contributed by atoms with E-state index in [2.05, 4.69) is 24.3 Å². The van der Waals surface area contributed by atoms with E-state index in [1.807, 2.05) is 24.3 Å². The zero-order valence-electron chi connectivity index (χ0n) is 17.4. The summed E-state index contributed by atoms with van der Waals surface area (Å²) in [6, 6.07) is 8.05. The first kappa shape index (κ1) is 21.5. The molecule has 2 heterocycles. The Balaban J connectivity index is 1.76. The van der Waals surface area contributed by atoms with Gasteiger partial charge in [-0.25, -0.2) is 8.42 Å². The minimum Gasteiger partial charge on any atom is -0.348 e. The molecule has 1 aliphatic heterocycles. The van der Waals surface area contributed by atoms with Crippen LogP contribution in [0.15, 0.2) is 35.5 Å². The van der Waals surface area contributed by atoms with E-state index in [4.69, 9.17) is 0 Å². The Bertz CT molecular complexity index is 941. The average molecular weight is 419 g/mol. The predicted molar refractivity (Wildman–Crippen MR) is 112 cm³/mol. The van der Waals surface area contributed by atoms with Crippen molar-refractivity contribution in [3.05, 3.63) is 47.2 Å². The standard InChI is InChI=1S/C21H30N4O3S/c1-16(2)18-10-8-17(9-11-18)14-22-20(26)19-15-24(3)23-21(19)29(27,28)25-12-6-4-5-7-13-25/h8-11,15-16H,4-7,12-14H2,1-3H3,(H,22,26). The number of carbonyl (C=O) groups is 1. The Kier molecular flexibility index (Phi) is 6.74. The van der Waals surface area contributed by atoms with Crippen LogP contribution < -0.4 is 5.32 Å². The van der Waals surface area contributed by atoms with Crippen molar-refractivity contribution in [2.45, 2.75) is 57.0 Å². The number of carbonyl (C=O) groups excluding carboxylic acids is 1. The Hall–Kier alpha value is -2.19. The Morgan fingerprint density at radius 2 is 1.72 bits per heavy atom. The van der Waals surface area contributed by atoms with Crippen LogP contribution in [0.25, 0.3) is 0 Å². The molecule has 7 nitrogen and oxygen atoms in total. The molecule has 3 rings (SSSR count). The highest BCUT2D eigenvalue weighted by molar-refractivity contribution is 7.89. The lowest BCUT2D eigenvalue weighted by Crippen LogP contribution is -2.34. The van der Waals surface area contributed by atoms with Gasteiger partial charge in [-0.2, -0.15) is 9.40 Å². The first-order valence-corrected chi connectivity index (χ1v) is 11.6. The molecule has 0 saturated carbocycles. The van der Waals surface area contributed by atoms with Crippen LogP contribution in [0.3, 0.4) is 0 Å². The molecule has 0 spiro atoms. The van der Waals surface area contributed by atoms with E-state index in [0.717, 1.165) is 31.2 Å². The van der Waals surface area contributed by atoms with Gasteiger partial charge in [-0.3, -0.25) is 9.48 Å². The van der Waals surface area contributed by atoms with Crippen molar-refractivity contribution in [1.82, 2.24) is 19.4 Å². The molecule has 1 aliphatic rings. The third-order valence-electron chi connectivity index (χ3n) is 5.29. The van der Waals surface area contributed by atoms with Gasteiger partial charge >= 0.3 is 0 Å². The van der Waals surface area contributed by atoms with Crippen LogP contribution in [0, 0.1) is 0 Å². The van der Waals surface area contributed by atoms with Crippen LogP contribution >= 0.6 is 0 Å². The highest BCUT2D eigenvalue weighted by atomic mass is 32.2. The summed E-state index contributed by atoms with van der Waals surface area (Å²) < 4.78 is 29.1. The third-order valence-corrected chi connectivity index (χ3v) is 7.12. The number of aryl methyl sites for hydroxylation is 1. The second kappa shape index (κ2) is 9.09. The maximum Gasteiger partial charge on any atom is 0.263 e. The molecule has 8 heteroatoms. The Labute approximate surface area is 173 Å². The van der Waals surface area contributed by atoms with Crippen LogP contribution in [0.5, 0.6) is 0 Å². The summed E-state index contributed by atoms with van der Waals surface area (Å²) in [5.41, 5.74) is 2.29. The van der Waals surface area contributed by atoms with E-state index >= 15 is 0 Å². The van der Waals surface area contributed by atoms with Gasteiger partial charge in [0.05, 0.1) is 5.56 Å². The summed E-state index contributed by atoms with van der Waals surface area (Å²) >= 11 is 0. The van der Waals surface area contributed by atoms with Gasteiger partial charge in [0.15, 0.2) is 0 Å². The zero-order valence-corrected chi connectivity index (χ0v) is 18.2. The molecule has 29 heavy (non-hydrogen) atoms. The van der Waals surface area contributed by atoms with Crippen LogP contribution in [0.4, 0.5) is 0 Å². The van der Waals surface area contributed by atoms with Crippen LogP contribution in [-0.2, 0) is 23.6 Å². The van der Waals surface area contributed by atoms with Crippen molar-refractivity contribution in [3.8, 4) is 0 Å². The van der Waals surface area contributed by atoms with E-state index in [1.54, 1.807) is 7.05 Å². The highest BCUT2D eigenvalue weighted by Crippen LogP contribution is 2.22. The van der Waals surface area contributed by atoms with Gasteiger partial charge in [0.1, 0.15) is 0 Å². The quantitative estimate of drug-likeness (QED) is 0.781. The molecule has 1 amide bonds. The molecule has 2 aromatic rings. The van der Waals surface area contributed by atoms with Crippen molar-refractivity contribution >= 4 is 15.9 Å². The summed E-state index contributed by atoms with van der Waals surface area (Å²) in [5, 5.41) is 6.79. The first-order valence-electron chi connectivity index (χ1n) is 10.2. The van der Waals surface area contributed by atoms with Gasteiger partial charge in [0.2, 0.25) is 5.03 Å². The first-order chi connectivity index (χ1) is 13.8. The summed E-state index contributed by atoms with van der Waals surface area (Å²) in [6.45, 7) is 5.54. The second-order valence-corrected chi connectivity index (χ2v) is 9.77. The van der Waals surface area contributed by atoms with Gasteiger partial charge in [-0.1, -0.05) is 51.0 Å². The van der Waals surface area contributed by atoms with Gasteiger partial charge in [-0.05, 0) is 29.9 Å². The van der Waals surface area contributed by atoms with Crippen molar-refractivity contribution in [2.24, 2.45) is 7.05 Å². The number of benzene rings is 1. The zero-order chi connectivity index (χ0) is 21.0. The van der Waals surface area contributed by atoms with Gasteiger partial charge in [0, 0.05) is 32.9 Å². The SMILES string of the molecule is CC(C)c1ccc(CNC(=O)c2cn(C)nc2S(=O)(=O)N2CCCCCC2)cc1. The molecule has 0 radical (unpaired) electrons. The summed E-state index contributed by atoms with van der Waals surface area (Å²) in [6.07, 6.45) is 5.19. The molecule has 1 N–H and O–H groups in total. The molecule has 1 aromatic carbocycles. The number of nitrogens with zero attached hydrogens (tertiary/aromatic N) is 3. The lowest BCUT2D eigenvalue weighted by molar-refractivity contribution is 0.0947. The number of aromatic nitrogens is 2. The minimum atomic E-state index is -3.80. The molecule has 0 unspecified atom stereocenters. The van der Waals surface area contributed by atoms with E-state index in [-0.39, 0.29) is 10.6 Å². The monoisotopic (exact) mass is 418 g/mol. The number of amides is 1. The highest BCUT2D eigenvalue weighted by Gasteiger charge is 2.32. The van der Waals surface area contributed by atoms with Gasteiger partial charge < -0.3 is 5.32 Å². The fourth-order valence-electron chi connectivity index (χ4n) is 3.52. The van der Waals surface area contributed by atoms with Crippen molar-refractivity contribution in [2.75, 3.05) is 13.1 Å².